The lowest BCUT2D eigenvalue weighted by Crippen LogP contribution is -2.57. The molecule has 2 aliphatic rings. The summed E-state index contributed by atoms with van der Waals surface area (Å²) in [6.07, 6.45) is 2.72. The van der Waals surface area contributed by atoms with Gasteiger partial charge in [0, 0.05) is 18.4 Å². The number of carbonyl (C=O) groups excluding carboxylic acids is 2. The quantitative estimate of drug-likeness (QED) is 0.708. The molecule has 2 heterocycles. The minimum absolute atomic E-state index is 0.117. The van der Waals surface area contributed by atoms with Gasteiger partial charge >= 0.3 is 0 Å². The van der Waals surface area contributed by atoms with E-state index in [0.29, 0.717) is 6.54 Å². The minimum Gasteiger partial charge on any atom is -0.332 e. The number of fused-ring (bicyclic) bond motifs is 1. The average Bonchev–Trinajstić information content (AvgIpc) is 2.70. The monoisotopic (exact) mass is 274 g/mol. The summed E-state index contributed by atoms with van der Waals surface area (Å²) >= 11 is 3.33. The fraction of sp³-hybridized carbons (Fsp3) is 0.800. The zero-order valence-electron chi connectivity index (χ0n) is 8.62. The van der Waals surface area contributed by atoms with Crippen molar-refractivity contribution < 1.29 is 9.59 Å². The van der Waals surface area contributed by atoms with Crippen LogP contribution in [0.2, 0.25) is 0 Å². The minimum atomic E-state index is -0.151. The number of hydrogen-bond donors (Lipinski definition) is 0. The smallest absolute Gasteiger partial charge is 0.245 e. The van der Waals surface area contributed by atoms with Crippen LogP contribution in [0.4, 0.5) is 0 Å². The summed E-state index contributed by atoms with van der Waals surface area (Å²) in [4.78, 5) is 27.1. The first-order valence-electron chi connectivity index (χ1n) is 5.38. The molecule has 2 aliphatic heterocycles. The van der Waals surface area contributed by atoms with Gasteiger partial charge in [0.2, 0.25) is 11.8 Å². The Bertz CT molecular complexity index is 283. The van der Waals surface area contributed by atoms with Gasteiger partial charge in [-0.15, -0.1) is 0 Å². The number of piperazine rings is 1. The number of hydrogen-bond acceptors (Lipinski definition) is 2. The Balaban J connectivity index is 2.03. The molecule has 2 rings (SSSR count). The lowest BCUT2D eigenvalue weighted by atomic mass is 10.1. The molecule has 4 nitrogen and oxygen atoms in total. The van der Waals surface area contributed by atoms with E-state index in [1.807, 2.05) is 0 Å². The lowest BCUT2D eigenvalue weighted by Gasteiger charge is -2.36. The Hall–Kier alpha value is -0.580. The van der Waals surface area contributed by atoms with Crippen LogP contribution in [0.15, 0.2) is 0 Å². The van der Waals surface area contributed by atoms with E-state index in [2.05, 4.69) is 15.9 Å². The normalized spacial score (nSPS) is 26.1. The highest BCUT2D eigenvalue weighted by Crippen LogP contribution is 2.23. The highest BCUT2D eigenvalue weighted by Gasteiger charge is 2.41. The first-order valence-corrected chi connectivity index (χ1v) is 6.50. The zero-order chi connectivity index (χ0) is 10.8. The Morgan fingerprint density at radius 3 is 2.93 bits per heavy atom. The number of alkyl halides is 1. The van der Waals surface area contributed by atoms with Gasteiger partial charge in [0.1, 0.15) is 6.04 Å². The SMILES string of the molecule is O=C1C2CCCN2C(=O)CN1CCCBr. The van der Waals surface area contributed by atoms with Crippen LogP contribution in [-0.4, -0.2) is 52.6 Å². The number of carbonyl (C=O) groups is 2. The zero-order valence-corrected chi connectivity index (χ0v) is 10.2. The molecular weight excluding hydrogens is 260 g/mol. The second kappa shape index (κ2) is 4.51. The van der Waals surface area contributed by atoms with Gasteiger partial charge in [0.05, 0.1) is 6.54 Å². The standard InChI is InChI=1S/C10H15BrN2O2/c11-4-2-5-12-7-9(14)13-6-1-3-8(13)10(12)15/h8H,1-7H2. The van der Waals surface area contributed by atoms with E-state index in [-0.39, 0.29) is 24.4 Å². The Morgan fingerprint density at radius 1 is 1.40 bits per heavy atom. The summed E-state index contributed by atoms with van der Waals surface area (Å²) in [6, 6.07) is -0.151. The number of nitrogens with zero attached hydrogens (tertiary/aromatic N) is 2. The fourth-order valence-corrected chi connectivity index (χ4v) is 2.56. The fourth-order valence-electron chi connectivity index (χ4n) is 2.30. The van der Waals surface area contributed by atoms with E-state index in [9.17, 15) is 9.59 Å². The topological polar surface area (TPSA) is 40.6 Å². The molecule has 0 saturated carbocycles. The summed E-state index contributed by atoms with van der Waals surface area (Å²) in [5, 5.41) is 0.874. The average molecular weight is 275 g/mol. The molecule has 2 amide bonds. The molecule has 15 heavy (non-hydrogen) atoms. The van der Waals surface area contributed by atoms with Crippen LogP contribution in [-0.2, 0) is 9.59 Å². The van der Waals surface area contributed by atoms with E-state index >= 15 is 0 Å². The van der Waals surface area contributed by atoms with E-state index in [1.54, 1.807) is 9.80 Å². The summed E-state index contributed by atoms with van der Waals surface area (Å²) < 4.78 is 0. The van der Waals surface area contributed by atoms with Gasteiger partial charge in [-0.3, -0.25) is 9.59 Å². The molecule has 0 spiro atoms. The van der Waals surface area contributed by atoms with Crippen molar-refractivity contribution in [2.24, 2.45) is 0 Å². The summed E-state index contributed by atoms with van der Waals surface area (Å²) in [5.41, 5.74) is 0. The van der Waals surface area contributed by atoms with Crippen molar-refractivity contribution in [3.05, 3.63) is 0 Å². The van der Waals surface area contributed by atoms with Crippen LogP contribution in [0.1, 0.15) is 19.3 Å². The number of halogens is 1. The Morgan fingerprint density at radius 2 is 2.20 bits per heavy atom. The molecule has 0 aliphatic carbocycles. The van der Waals surface area contributed by atoms with Gasteiger partial charge in [0.25, 0.3) is 0 Å². The Kier molecular flexibility index (Phi) is 3.29. The molecule has 2 fully saturated rings. The molecule has 0 bridgehead atoms. The lowest BCUT2D eigenvalue weighted by molar-refractivity contribution is -0.153. The van der Waals surface area contributed by atoms with Crippen LogP contribution >= 0.6 is 15.9 Å². The summed E-state index contributed by atoms with van der Waals surface area (Å²) in [6.45, 7) is 1.74. The molecule has 0 aromatic carbocycles. The van der Waals surface area contributed by atoms with Gasteiger partial charge in [-0.1, -0.05) is 15.9 Å². The van der Waals surface area contributed by atoms with Gasteiger partial charge in [-0.05, 0) is 19.3 Å². The van der Waals surface area contributed by atoms with Gasteiger partial charge in [0.15, 0.2) is 0 Å². The van der Waals surface area contributed by atoms with Crippen molar-refractivity contribution in [3.63, 3.8) is 0 Å². The van der Waals surface area contributed by atoms with Gasteiger partial charge < -0.3 is 9.80 Å². The predicted molar refractivity (Wildman–Crippen MR) is 59.7 cm³/mol. The third kappa shape index (κ3) is 2.02. The molecule has 1 unspecified atom stereocenters. The van der Waals surface area contributed by atoms with Crippen molar-refractivity contribution in [2.45, 2.75) is 25.3 Å². The van der Waals surface area contributed by atoms with E-state index < -0.39 is 0 Å². The molecule has 2 saturated heterocycles. The summed E-state index contributed by atoms with van der Waals surface area (Å²) in [5.74, 6) is 0.264. The maximum atomic E-state index is 12.0. The maximum Gasteiger partial charge on any atom is 0.245 e. The van der Waals surface area contributed by atoms with Crippen LogP contribution in [0.25, 0.3) is 0 Å². The molecular formula is C10H15BrN2O2. The molecule has 1 atom stereocenters. The Labute approximate surface area is 97.7 Å². The highest BCUT2D eigenvalue weighted by molar-refractivity contribution is 9.09. The third-order valence-electron chi connectivity index (χ3n) is 3.06. The van der Waals surface area contributed by atoms with Crippen molar-refractivity contribution in [1.29, 1.82) is 0 Å². The molecule has 84 valence electrons. The van der Waals surface area contributed by atoms with Crippen molar-refractivity contribution in [1.82, 2.24) is 9.80 Å². The van der Waals surface area contributed by atoms with Gasteiger partial charge in [-0.25, -0.2) is 0 Å². The predicted octanol–water partition coefficient (Wildman–Crippen LogP) is 0.605. The number of rotatable bonds is 3. The molecule has 0 aromatic rings. The number of amides is 2. The molecule has 0 radical (unpaired) electrons. The molecule has 0 N–H and O–H groups in total. The maximum absolute atomic E-state index is 12.0. The second-order valence-electron chi connectivity index (χ2n) is 4.05. The van der Waals surface area contributed by atoms with Crippen LogP contribution < -0.4 is 0 Å². The first kappa shape index (κ1) is 10.9. The highest BCUT2D eigenvalue weighted by atomic mass is 79.9. The van der Waals surface area contributed by atoms with Crippen LogP contribution in [0, 0.1) is 0 Å². The van der Waals surface area contributed by atoms with Crippen molar-refractivity contribution in [3.8, 4) is 0 Å². The van der Waals surface area contributed by atoms with Crippen LogP contribution in [0.3, 0.4) is 0 Å². The van der Waals surface area contributed by atoms with Crippen molar-refractivity contribution in [2.75, 3.05) is 25.0 Å². The van der Waals surface area contributed by atoms with E-state index in [1.165, 1.54) is 0 Å². The largest absolute Gasteiger partial charge is 0.332 e. The third-order valence-corrected chi connectivity index (χ3v) is 3.62. The van der Waals surface area contributed by atoms with Crippen LogP contribution in [0.5, 0.6) is 0 Å². The van der Waals surface area contributed by atoms with E-state index in [0.717, 1.165) is 31.1 Å². The molecule has 0 aromatic heterocycles. The summed E-state index contributed by atoms with van der Waals surface area (Å²) in [7, 11) is 0. The second-order valence-corrected chi connectivity index (χ2v) is 4.84. The first-order chi connectivity index (χ1) is 7.24. The van der Waals surface area contributed by atoms with Gasteiger partial charge in [-0.2, -0.15) is 0 Å². The van der Waals surface area contributed by atoms with Crippen molar-refractivity contribution >= 4 is 27.7 Å². The van der Waals surface area contributed by atoms with E-state index in [4.69, 9.17) is 0 Å². The molecule has 5 heteroatoms.